The number of rotatable bonds is 5. The molecule has 3 heterocycles. The van der Waals surface area contributed by atoms with Crippen LogP contribution in [0.2, 0.25) is 5.15 Å². The largest absolute Gasteiger partial charge is 0.394 e. The molecule has 0 saturated carbocycles. The Morgan fingerprint density at radius 1 is 0.750 bits per heavy atom. The maximum atomic E-state index is 10.1. The minimum Gasteiger partial charge on any atom is -0.394 e. The predicted molar refractivity (Wildman–Crippen MR) is 118 cm³/mol. The minimum absolute atomic E-state index is 0.191. The third kappa shape index (κ3) is 4.57. The van der Waals surface area contributed by atoms with Crippen LogP contribution in [0.15, 0.2) is 79.0 Å². The molecular formula is C25H24ClNO5. The average Bonchev–Trinajstić information content (AvgIpc) is 2.84. The summed E-state index contributed by atoms with van der Waals surface area (Å²) < 4.78 is 25.2. The third-order valence-corrected chi connectivity index (χ3v) is 5.97. The fourth-order valence-electron chi connectivity index (χ4n) is 4.22. The number of halogens is 1. The molecular weight excluding hydrogens is 430 g/mol. The lowest BCUT2D eigenvalue weighted by atomic mass is 9.94. The molecule has 7 heteroatoms. The van der Waals surface area contributed by atoms with Gasteiger partial charge in [-0.2, -0.15) is 0 Å². The van der Waals surface area contributed by atoms with Crippen molar-refractivity contribution in [3.63, 3.8) is 0 Å². The Kier molecular flexibility index (Phi) is 6.50. The van der Waals surface area contributed by atoms with E-state index in [1.807, 2.05) is 72.8 Å². The molecule has 166 valence electrons. The van der Waals surface area contributed by atoms with Crippen LogP contribution < -0.4 is 0 Å². The molecule has 1 aromatic heterocycles. The molecule has 32 heavy (non-hydrogen) atoms. The van der Waals surface area contributed by atoms with Crippen LogP contribution in [-0.4, -0.2) is 41.1 Å². The summed E-state index contributed by atoms with van der Waals surface area (Å²) in [5, 5.41) is 10.6. The number of pyridine rings is 1. The highest BCUT2D eigenvalue weighted by molar-refractivity contribution is 6.29. The first kappa shape index (κ1) is 21.5. The van der Waals surface area contributed by atoms with E-state index >= 15 is 0 Å². The molecule has 2 unspecified atom stereocenters. The number of aromatic nitrogens is 1. The number of aliphatic hydroxyl groups is 1. The zero-order valence-corrected chi connectivity index (χ0v) is 18.0. The first-order chi connectivity index (χ1) is 15.7. The lowest BCUT2D eigenvalue weighted by molar-refractivity contribution is -0.384. The van der Waals surface area contributed by atoms with Gasteiger partial charge in [-0.1, -0.05) is 72.3 Å². The number of aliphatic hydroxyl groups excluding tert-OH is 1. The van der Waals surface area contributed by atoms with Crippen molar-refractivity contribution in [3.05, 3.63) is 101 Å². The Morgan fingerprint density at radius 3 is 1.88 bits per heavy atom. The molecule has 0 spiro atoms. The van der Waals surface area contributed by atoms with Crippen LogP contribution in [0.3, 0.4) is 0 Å². The van der Waals surface area contributed by atoms with Gasteiger partial charge in [-0.05, 0) is 17.7 Å². The second kappa shape index (κ2) is 9.67. The van der Waals surface area contributed by atoms with E-state index in [1.54, 1.807) is 6.20 Å². The Bertz CT molecular complexity index is 1020. The van der Waals surface area contributed by atoms with Crippen LogP contribution in [0.5, 0.6) is 0 Å². The highest BCUT2D eigenvalue weighted by atomic mass is 35.5. The molecule has 0 bridgehead atoms. The Labute approximate surface area is 191 Å². The standard InChI is InChI=1S/C25H24ClNO5/c26-21-14-16(11-12-27-21)13-19-22-23(32-24(29-19)17-7-3-1-4-8-17)20(15-28)30-25(31-22)18-9-5-2-6-10-18/h1-12,14,19-20,22-25,28H,13,15H2/t19-,20-,22+,23-,24?,25?/m1/s1. The van der Waals surface area contributed by atoms with Gasteiger partial charge in [0.05, 0.1) is 12.7 Å². The van der Waals surface area contributed by atoms with Crippen molar-refractivity contribution in [3.8, 4) is 0 Å². The van der Waals surface area contributed by atoms with Gasteiger partial charge in [0.1, 0.15) is 23.5 Å². The lowest BCUT2D eigenvalue weighted by Crippen LogP contribution is -2.59. The summed E-state index contributed by atoms with van der Waals surface area (Å²) in [5.41, 5.74) is 2.75. The van der Waals surface area contributed by atoms with E-state index in [1.165, 1.54) is 0 Å². The van der Waals surface area contributed by atoms with E-state index in [0.29, 0.717) is 11.6 Å². The number of nitrogens with zero attached hydrogens (tertiary/aromatic N) is 1. The zero-order chi connectivity index (χ0) is 21.9. The van der Waals surface area contributed by atoms with Gasteiger partial charge in [-0.15, -0.1) is 0 Å². The number of ether oxygens (including phenoxy) is 4. The van der Waals surface area contributed by atoms with Crippen LogP contribution in [0, 0.1) is 0 Å². The second-order valence-corrected chi connectivity index (χ2v) is 8.30. The Morgan fingerprint density at radius 2 is 1.31 bits per heavy atom. The van der Waals surface area contributed by atoms with Crippen molar-refractivity contribution < 1.29 is 24.1 Å². The Hall–Kier alpha value is -2.32. The van der Waals surface area contributed by atoms with Crippen LogP contribution in [0.1, 0.15) is 29.3 Å². The van der Waals surface area contributed by atoms with Crippen molar-refractivity contribution in [2.75, 3.05) is 6.61 Å². The highest BCUT2D eigenvalue weighted by Crippen LogP contribution is 2.41. The zero-order valence-electron chi connectivity index (χ0n) is 17.3. The SMILES string of the molecule is OC[C@H]1OC(c2ccccc2)O[C@@H]2[C@@H]1OC(c1ccccc1)O[C@@H]2Cc1ccnc(Cl)c1. The number of hydrogen-bond donors (Lipinski definition) is 1. The van der Waals surface area contributed by atoms with E-state index in [9.17, 15) is 5.11 Å². The summed E-state index contributed by atoms with van der Waals surface area (Å²) in [5.74, 6) is 0. The molecule has 3 aromatic rings. The van der Waals surface area contributed by atoms with Crippen LogP contribution >= 0.6 is 11.6 Å². The minimum atomic E-state index is -0.626. The number of fused-ring (bicyclic) bond motifs is 1. The Balaban J connectivity index is 1.47. The summed E-state index contributed by atoms with van der Waals surface area (Å²) >= 11 is 6.11. The molecule has 2 saturated heterocycles. The number of hydrogen-bond acceptors (Lipinski definition) is 6. The van der Waals surface area contributed by atoms with Gasteiger partial charge in [0.25, 0.3) is 0 Å². The van der Waals surface area contributed by atoms with E-state index in [-0.39, 0.29) is 12.7 Å². The highest BCUT2D eigenvalue weighted by Gasteiger charge is 2.49. The van der Waals surface area contributed by atoms with Crippen LogP contribution in [-0.2, 0) is 25.4 Å². The summed E-state index contributed by atoms with van der Waals surface area (Å²) in [6.07, 6.45) is -0.848. The lowest BCUT2D eigenvalue weighted by Gasteiger charge is -2.49. The molecule has 0 aliphatic carbocycles. The molecule has 2 aromatic carbocycles. The van der Waals surface area contributed by atoms with Crippen molar-refractivity contribution in [2.24, 2.45) is 0 Å². The second-order valence-electron chi connectivity index (χ2n) is 7.91. The van der Waals surface area contributed by atoms with Gasteiger partial charge in [0.15, 0.2) is 12.6 Å². The maximum absolute atomic E-state index is 10.1. The van der Waals surface area contributed by atoms with E-state index in [0.717, 1.165) is 16.7 Å². The fourth-order valence-corrected chi connectivity index (χ4v) is 4.42. The van der Waals surface area contributed by atoms with Crippen LogP contribution in [0.25, 0.3) is 0 Å². The predicted octanol–water partition coefficient (Wildman–Crippen LogP) is 4.24. The van der Waals surface area contributed by atoms with Crippen molar-refractivity contribution in [1.82, 2.24) is 4.98 Å². The van der Waals surface area contributed by atoms with Crippen molar-refractivity contribution >= 4 is 11.6 Å². The first-order valence-electron chi connectivity index (χ1n) is 10.6. The van der Waals surface area contributed by atoms with Gasteiger partial charge in [0.2, 0.25) is 0 Å². The molecule has 2 aliphatic heterocycles. The van der Waals surface area contributed by atoms with E-state index in [4.69, 9.17) is 30.5 Å². The van der Waals surface area contributed by atoms with Gasteiger partial charge in [-0.25, -0.2) is 4.98 Å². The molecule has 0 amide bonds. The molecule has 0 radical (unpaired) electrons. The van der Waals surface area contributed by atoms with Crippen molar-refractivity contribution in [2.45, 2.75) is 43.4 Å². The smallest absolute Gasteiger partial charge is 0.184 e. The first-order valence-corrected chi connectivity index (χ1v) is 11.0. The van der Waals surface area contributed by atoms with Gasteiger partial charge >= 0.3 is 0 Å². The topological polar surface area (TPSA) is 70.0 Å². The van der Waals surface area contributed by atoms with E-state index in [2.05, 4.69) is 4.98 Å². The van der Waals surface area contributed by atoms with E-state index < -0.39 is 30.9 Å². The van der Waals surface area contributed by atoms with Gasteiger partial charge in [-0.3, -0.25) is 0 Å². The summed E-state index contributed by atoms with van der Waals surface area (Å²) in [6.45, 7) is -0.191. The van der Waals surface area contributed by atoms with Gasteiger partial charge in [0, 0.05) is 23.7 Å². The quantitative estimate of drug-likeness (QED) is 0.583. The van der Waals surface area contributed by atoms with Gasteiger partial charge < -0.3 is 24.1 Å². The third-order valence-electron chi connectivity index (χ3n) is 5.77. The average molecular weight is 454 g/mol. The number of benzene rings is 2. The normalized spacial score (nSPS) is 29.9. The molecule has 2 aliphatic rings. The monoisotopic (exact) mass is 453 g/mol. The summed E-state index contributed by atoms with van der Waals surface area (Å²) in [4.78, 5) is 4.07. The molecule has 2 fully saturated rings. The van der Waals surface area contributed by atoms with Crippen molar-refractivity contribution in [1.29, 1.82) is 0 Å². The fraction of sp³-hybridized carbons (Fsp3) is 0.320. The molecule has 1 N–H and O–H groups in total. The summed E-state index contributed by atoms with van der Waals surface area (Å²) in [6, 6.07) is 23.1. The summed E-state index contributed by atoms with van der Waals surface area (Å²) in [7, 11) is 0. The maximum Gasteiger partial charge on any atom is 0.184 e. The molecule has 5 rings (SSSR count). The molecule has 6 atom stereocenters. The van der Waals surface area contributed by atoms with Crippen LogP contribution in [0.4, 0.5) is 0 Å². The molecule has 6 nitrogen and oxygen atoms in total.